The predicted octanol–water partition coefficient (Wildman–Crippen LogP) is 1.33. The fourth-order valence-corrected chi connectivity index (χ4v) is 0. The van der Waals surface area contributed by atoms with Gasteiger partial charge in [0.15, 0.2) is 0 Å². The van der Waals surface area contributed by atoms with Crippen molar-refractivity contribution in [3.63, 3.8) is 0 Å². The van der Waals surface area contributed by atoms with Gasteiger partial charge in [-0.05, 0) is 0 Å². The molecule has 0 unspecified atom stereocenters. The summed E-state index contributed by atoms with van der Waals surface area (Å²) in [6.45, 7) is 0. The second-order valence-electron chi connectivity index (χ2n) is 0.366. The van der Waals surface area contributed by atoms with E-state index in [1.54, 1.807) is 0 Å². The van der Waals surface area contributed by atoms with Crippen LogP contribution in [0.2, 0.25) is 0 Å². The first-order valence-corrected chi connectivity index (χ1v) is 3.35. The van der Waals surface area contributed by atoms with Gasteiger partial charge in [0.1, 0.15) is 0 Å². The summed E-state index contributed by atoms with van der Waals surface area (Å²) in [6, 6.07) is 0. The lowest BCUT2D eigenvalue weighted by Crippen LogP contribution is -1.91. The van der Waals surface area contributed by atoms with Gasteiger partial charge in [-0.25, -0.2) is 0 Å². The summed E-state index contributed by atoms with van der Waals surface area (Å²) in [5.41, 5.74) is 0. The molecule has 0 aromatic carbocycles. The monoisotopic (exact) mass is 298 g/mol. The standard InChI is InChI=1S/BHI2O2/c2-1(3)5-4/h4H. The first-order valence-electron chi connectivity index (χ1n) is 0.855. The lowest BCUT2D eigenvalue weighted by molar-refractivity contribution is -0.133. The molecule has 0 aliphatic rings. The zero-order valence-electron chi connectivity index (χ0n) is 2.19. The van der Waals surface area contributed by atoms with Crippen LogP contribution in [0.15, 0.2) is 0 Å². The van der Waals surface area contributed by atoms with E-state index < -0.39 is 0 Å². The second-order valence-corrected chi connectivity index (χ2v) is 5.01. The minimum absolute atomic E-state index is 0.120. The molecule has 0 amide bonds. The van der Waals surface area contributed by atoms with E-state index in [2.05, 4.69) is 4.81 Å². The van der Waals surface area contributed by atoms with E-state index in [1.165, 1.54) is 0 Å². The normalized spacial score (nSPS) is 7.80. The molecule has 0 spiro atoms. The van der Waals surface area contributed by atoms with Crippen molar-refractivity contribution in [2.75, 3.05) is 0 Å². The minimum Gasteiger partial charge on any atom is -0.278 e. The van der Waals surface area contributed by atoms with Gasteiger partial charge in [0.25, 0.3) is 0 Å². The van der Waals surface area contributed by atoms with Gasteiger partial charge < -0.3 is 0 Å². The number of rotatable bonds is 1. The van der Waals surface area contributed by atoms with Crippen LogP contribution >= 0.6 is 44.7 Å². The van der Waals surface area contributed by atoms with E-state index in [0.717, 1.165) is 0 Å². The highest BCUT2D eigenvalue weighted by molar-refractivity contribution is 14.3. The summed E-state index contributed by atoms with van der Waals surface area (Å²) in [7, 11) is 0. The fraction of sp³-hybridized carbons (Fsp3) is 0. The third-order valence-electron chi connectivity index (χ3n) is 0.0797. The SMILES string of the molecule is OOB(I)I. The van der Waals surface area contributed by atoms with E-state index in [9.17, 15) is 0 Å². The predicted molar refractivity (Wildman–Crippen MR) is 37.5 cm³/mol. The molecule has 0 rings (SSSR count). The summed E-state index contributed by atoms with van der Waals surface area (Å²) in [4.78, 5) is 3.72. The molecule has 5 heavy (non-hydrogen) atoms. The van der Waals surface area contributed by atoms with Crippen LogP contribution in [0.25, 0.3) is 0 Å². The summed E-state index contributed by atoms with van der Waals surface area (Å²) >= 11 is 3.84. The van der Waals surface area contributed by atoms with Gasteiger partial charge >= 0.3 is 2.63 Å². The molecule has 0 aliphatic heterocycles. The summed E-state index contributed by atoms with van der Waals surface area (Å²) in [5.74, 6) is 0. The van der Waals surface area contributed by atoms with Crippen LogP contribution < -0.4 is 0 Å². The van der Waals surface area contributed by atoms with Crippen LogP contribution in [0.1, 0.15) is 0 Å². The maximum absolute atomic E-state index is 7.63. The zero-order chi connectivity index (χ0) is 4.28. The van der Waals surface area contributed by atoms with E-state index >= 15 is 0 Å². The summed E-state index contributed by atoms with van der Waals surface area (Å²) in [5, 5.41) is 7.63. The topological polar surface area (TPSA) is 29.5 Å². The Hall–Kier alpha value is 1.44. The zero-order valence-corrected chi connectivity index (χ0v) is 6.50. The first-order chi connectivity index (χ1) is 2.27. The minimum atomic E-state index is -0.120. The van der Waals surface area contributed by atoms with Crippen molar-refractivity contribution in [1.82, 2.24) is 0 Å². The average Bonchev–Trinajstić information content (AvgIpc) is 1.38. The van der Waals surface area contributed by atoms with Crippen molar-refractivity contribution in [3.05, 3.63) is 0 Å². The van der Waals surface area contributed by atoms with Gasteiger partial charge in [0.2, 0.25) is 0 Å². The van der Waals surface area contributed by atoms with Crippen molar-refractivity contribution in [3.8, 4) is 0 Å². The maximum Gasteiger partial charge on any atom is 0.474 e. The van der Waals surface area contributed by atoms with Gasteiger partial charge in [-0.2, -0.15) is 0 Å². The highest BCUT2D eigenvalue weighted by atomic mass is 127. The molecule has 0 fully saturated rings. The van der Waals surface area contributed by atoms with Crippen LogP contribution in [0.3, 0.4) is 0 Å². The smallest absolute Gasteiger partial charge is 0.278 e. The third-order valence-corrected chi connectivity index (χ3v) is 0.535. The van der Waals surface area contributed by atoms with Gasteiger partial charge in [0, 0.05) is 0 Å². The maximum atomic E-state index is 7.63. The van der Waals surface area contributed by atoms with Crippen LogP contribution in [0, 0.1) is 0 Å². The Labute approximate surface area is 57.1 Å². The molecule has 0 heterocycles. The van der Waals surface area contributed by atoms with Crippen LogP contribution in [-0.2, 0) is 4.81 Å². The Kier molecular flexibility index (Phi) is 4.68. The summed E-state index contributed by atoms with van der Waals surface area (Å²) in [6.07, 6.45) is 0. The number of hydrogen-bond acceptors (Lipinski definition) is 2. The molecule has 0 aromatic heterocycles. The molecule has 5 heteroatoms. The molecule has 0 atom stereocenters. The van der Waals surface area contributed by atoms with E-state index in [1.807, 2.05) is 44.7 Å². The second kappa shape index (κ2) is 3.63. The van der Waals surface area contributed by atoms with Gasteiger partial charge in [-0.15, -0.1) is 0 Å². The number of halogens is 2. The van der Waals surface area contributed by atoms with Gasteiger partial charge in [-0.3, -0.25) is 10.1 Å². The van der Waals surface area contributed by atoms with Crippen LogP contribution in [-0.4, -0.2) is 7.89 Å². The van der Waals surface area contributed by atoms with Crippen LogP contribution in [0.4, 0.5) is 0 Å². The molecule has 0 bridgehead atoms. The van der Waals surface area contributed by atoms with Gasteiger partial charge in [-0.1, -0.05) is 44.7 Å². The van der Waals surface area contributed by atoms with Crippen molar-refractivity contribution in [2.24, 2.45) is 0 Å². The summed E-state index contributed by atoms with van der Waals surface area (Å²) < 4.78 is -0.120. The van der Waals surface area contributed by atoms with E-state index in [4.69, 9.17) is 5.26 Å². The Morgan fingerprint density at radius 2 is 1.80 bits per heavy atom. The van der Waals surface area contributed by atoms with Crippen molar-refractivity contribution in [2.45, 2.75) is 0 Å². The lowest BCUT2D eigenvalue weighted by atomic mass is 10.6. The van der Waals surface area contributed by atoms with Gasteiger partial charge in [0.05, 0.1) is 0 Å². The first kappa shape index (κ1) is 6.44. The third kappa shape index (κ3) is 5.44. The largest absolute Gasteiger partial charge is 0.474 e. The Bertz CT molecular complexity index is 21.6. The molecule has 1 N–H and O–H groups in total. The molecular formula is HBI2O2. The molecular weight excluding hydrogens is 297 g/mol. The van der Waals surface area contributed by atoms with Crippen molar-refractivity contribution >= 4 is 47.4 Å². The molecule has 0 aliphatic carbocycles. The Morgan fingerprint density at radius 1 is 1.60 bits per heavy atom. The average molecular weight is 298 g/mol. The molecule has 0 radical (unpaired) electrons. The Morgan fingerprint density at radius 3 is 1.80 bits per heavy atom. The quantitative estimate of drug-likeness (QED) is 0.342. The molecule has 0 saturated carbocycles. The highest BCUT2D eigenvalue weighted by Crippen LogP contribution is 2.01. The number of hydrogen-bond donors (Lipinski definition) is 1. The van der Waals surface area contributed by atoms with Crippen molar-refractivity contribution < 1.29 is 10.1 Å². The highest BCUT2D eigenvalue weighted by Gasteiger charge is 1.99. The molecule has 30 valence electrons. The lowest BCUT2D eigenvalue weighted by Gasteiger charge is -1.81. The van der Waals surface area contributed by atoms with E-state index in [0.29, 0.717) is 0 Å². The molecule has 0 saturated heterocycles. The van der Waals surface area contributed by atoms with Crippen LogP contribution in [0.5, 0.6) is 0 Å². The van der Waals surface area contributed by atoms with Crippen molar-refractivity contribution in [1.29, 1.82) is 0 Å². The molecule has 2 nitrogen and oxygen atoms in total. The fourth-order valence-electron chi connectivity index (χ4n) is 0. The molecule has 0 aromatic rings. The van der Waals surface area contributed by atoms with E-state index in [-0.39, 0.29) is 2.63 Å². The Balaban J connectivity index is 2.54.